The normalized spacial score (nSPS) is 15.1. The summed E-state index contributed by atoms with van der Waals surface area (Å²) < 4.78 is 11.1. The molecule has 0 unspecified atom stereocenters. The van der Waals surface area contributed by atoms with E-state index >= 15 is 0 Å². The van der Waals surface area contributed by atoms with Gasteiger partial charge in [-0.05, 0) is 35.2 Å². The van der Waals surface area contributed by atoms with Crippen LogP contribution in [0.2, 0.25) is 0 Å². The zero-order chi connectivity index (χ0) is 22.6. The van der Waals surface area contributed by atoms with Crippen molar-refractivity contribution in [1.29, 1.82) is 0 Å². The number of oxime groups is 1. The van der Waals surface area contributed by atoms with Gasteiger partial charge in [0.25, 0.3) is 0 Å². The van der Waals surface area contributed by atoms with Crippen LogP contribution in [-0.4, -0.2) is 60.0 Å². The average molecular weight is 428 g/mol. The minimum absolute atomic E-state index is 0.0527. The van der Waals surface area contributed by atoms with Gasteiger partial charge in [-0.3, -0.25) is 0 Å². The van der Waals surface area contributed by atoms with Crippen molar-refractivity contribution >= 4 is 17.4 Å². The predicted molar refractivity (Wildman–Crippen MR) is 117 cm³/mol. The summed E-state index contributed by atoms with van der Waals surface area (Å²) in [5.74, 6) is -1.35. The highest BCUT2D eigenvalue weighted by Crippen LogP contribution is 2.34. The van der Waals surface area contributed by atoms with Gasteiger partial charge < -0.3 is 29.8 Å². The Hall–Kier alpha value is -3.26. The van der Waals surface area contributed by atoms with E-state index in [2.05, 4.69) is 30.8 Å². The fraction of sp³-hybridized carbons (Fsp3) is 0.391. The van der Waals surface area contributed by atoms with Gasteiger partial charge in [-0.25, -0.2) is 4.79 Å². The van der Waals surface area contributed by atoms with E-state index in [1.165, 1.54) is 18.2 Å². The lowest BCUT2D eigenvalue weighted by molar-refractivity contribution is 0.0693. The summed E-state index contributed by atoms with van der Waals surface area (Å²) in [7, 11) is 0. The van der Waals surface area contributed by atoms with Gasteiger partial charge in [0, 0.05) is 30.4 Å². The van der Waals surface area contributed by atoms with Crippen LogP contribution in [0.4, 0.5) is 5.69 Å². The van der Waals surface area contributed by atoms with Crippen LogP contribution in [0.25, 0.3) is 0 Å². The molecule has 1 heterocycles. The van der Waals surface area contributed by atoms with Gasteiger partial charge in [0.1, 0.15) is 29.4 Å². The lowest BCUT2D eigenvalue weighted by Crippen LogP contribution is -2.37. The van der Waals surface area contributed by atoms with E-state index in [1.54, 1.807) is 0 Å². The molecule has 0 atom stereocenters. The van der Waals surface area contributed by atoms with Crippen LogP contribution in [0.15, 0.2) is 41.6 Å². The molecule has 0 saturated carbocycles. The maximum Gasteiger partial charge on any atom is 0.339 e. The third kappa shape index (κ3) is 5.27. The van der Waals surface area contributed by atoms with Crippen LogP contribution < -0.4 is 9.64 Å². The highest BCUT2D eigenvalue weighted by Gasteiger charge is 2.24. The number of ether oxygens (including phenoxy) is 2. The van der Waals surface area contributed by atoms with Gasteiger partial charge in [-0.2, -0.15) is 0 Å². The summed E-state index contributed by atoms with van der Waals surface area (Å²) in [5, 5.41) is 31.8. The van der Waals surface area contributed by atoms with Crippen molar-refractivity contribution in [1.82, 2.24) is 0 Å². The van der Waals surface area contributed by atoms with Gasteiger partial charge >= 0.3 is 5.97 Å². The topological polar surface area (TPSA) is 112 Å². The lowest BCUT2D eigenvalue weighted by Gasteiger charge is -2.34. The molecule has 0 radical (unpaired) electrons. The summed E-state index contributed by atoms with van der Waals surface area (Å²) in [4.78, 5) is 13.3. The highest BCUT2D eigenvalue weighted by molar-refractivity contribution is 6.02. The smallest absolute Gasteiger partial charge is 0.339 e. The average Bonchev–Trinajstić information content (AvgIpc) is 2.74. The molecule has 3 rings (SSSR count). The largest absolute Gasteiger partial charge is 0.507 e. The van der Waals surface area contributed by atoms with Gasteiger partial charge in [-0.15, -0.1) is 0 Å². The molecule has 166 valence electrons. The summed E-state index contributed by atoms with van der Waals surface area (Å²) in [5.41, 5.74) is 2.95. The number of anilines is 1. The lowest BCUT2D eigenvalue weighted by atomic mass is 9.84. The van der Waals surface area contributed by atoms with Crippen molar-refractivity contribution in [2.45, 2.75) is 26.2 Å². The third-order valence-corrected chi connectivity index (χ3v) is 5.19. The molecule has 0 spiro atoms. The maximum atomic E-state index is 11.0. The Kier molecular flexibility index (Phi) is 6.70. The van der Waals surface area contributed by atoms with E-state index in [4.69, 9.17) is 14.6 Å². The Balaban J connectivity index is 1.83. The summed E-state index contributed by atoms with van der Waals surface area (Å²) in [6, 6.07) is 9.86. The van der Waals surface area contributed by atoms with Crippen molar-refractivity contribution in [3.63, 3.8) is 0 Å². The number of aromatic hydroxyl groups is 1. The number of carboxylic acid groups (broad SMARTS) is 1. The fourth-order valence-corrected chi connectivity index (χ4v) is 3.50. The molecule has 31 heavy (non-hydrogen) atoms. The van der Waals surface area contributed by atoms with Crippen LogP contribution in [0.1, 0.15) is 42.3 Å². The standard InChI is InChI=1S/C23H28N2O6/c1-23(2,3)18-12-15(4-7-20(18)25-8-10-30-11-9-25)19(24-29)14-31-16-5-6-17(22(27)28)21(26)13-16/h4-7,12-13,26,29H,8-11,14H2,1-3H3,(H,27,28). The van der Waals surface area contributed by atoms with Crippen LogP contribution in [0.3, 0.4) is 0 Å². The third-order valence-electron chi connectivity index (χ3n) is 5.19. The number of hydrogen-bond acceptors (Lipinski definition) is 7. The molecule has 1 saturated heterocycles. The monoisotopic (exact) mass is 428 g/mol. The Bertz CT molecular complexity index is 975. The SMILES string of the molecule is CC(C)(C)c1cc(C(COc2ccc(C(=O)O)c(O)c2)=NO)ccc1N1CCOCC1. The van der Waals surface area contributed by atoms with Crippen LogP contribution >= 0.6 is 0 Å². The Morgan fingerprint density at radius 3 is 2.45 bits per heavy atom. The number of morpholine rings is 1. The van der Waals surface area contributed by atoms with Crippen molar-refractivity contribution in [2.75, 3.05) is 37.8 Å². The van der Waals surface area contributed by atoms with Crippen molar-refractivity contribution in [2.24, 2.45) is 5.16 Å². The van der Waals surface area contributed by atoms with Gasteiger partial charge in [0.2, 0.25) is 0 Å². The van der Waals surface area contributed by atoms with E-state index in [0.29, 0.717) is 18.9 Å². The Labute approximate surface area is 181 Å². The van der Waals surface area contributed by atoms with Crippen molar-refractivity contribution in [3.8, 4) is 11.5 Å². The maximum absolute atomic E-state index is 11.0. The Morgan fingerprint density at radius 2 is 1.87 bits per heavy atom. The molecule has 3 N–H and O–H groups in total. The Morgan fingerprint density at radius 1 is 1.16 bits per heavy atom. The first kappa shape index (κ1) is 22.4. The van der Waals surface area contributed by atoms with Crippen LogP contribution in [-0.2, 0) is 10.2 Å². The van der Waals surface area contributed by atoms with Gasteiger partial charge in [0.05, 0.1) is 13.2 Å². The number of aromatic carboxylic acids is 1. The molecule has 0 amide bonds. The van der Waals surface area contributed by atoms with E-state index < -0.39 is 11.7 Å². The number of carboxylic acids is 1. The van der Waals surface area contributed by atoms with Crippen molar-refractivity contribution in [3.05, 3.63) is 53.1 Å². The quantitative estimate of drug-likeness (QED) is 0.367. The minimum atomic E-state index is -1.23. The molecule has 8 heteroatoms. The van der Waals surface area contributed by atoms with Crippen LogP contribution in [0, 0.1) is 0 Å². The molecule has 2 aromatic rings. The fourth-order valence-electron chi connectivity index (χ4n) is 3.50. The molecule has 1 fully saturated rings. The second-order valence-corrected chi connectivity index (χ2v) is 8.40. The molecule has 8 nitrogen and oxygen atoms in total. The number of benzene rings is 2. The first-order chi connectivity index (χ1) is 14.7. The van der Waals surface area contributed by atoms with E-state index in [0.717, 1.165) is 29.9 Å². The van der Waals surface area contributed by atoms with Gasteiger partial charge in [-0.1, -0.05) is 32.0 Å². The van der Waals surface area contributed by atoms with Crippen LogP contribution in [0.5, 0.6) is 11.5 Å². The summed E-state index contributed by atoms with van der Waals surface area (Å²) in [6.07, 6.45) is 0. The molecule has 0 aromatic heterocycles. The summed E-state index contributed by atoms with van der Waals surface area (Å²) in [6.45, 7) is 9.37. The number of nitrogens with zero attached hydrogens (tertiary/aromatic N) is 2. The van der Waals surface area contributed by atoms with Gasteiger partial charge in [0.15, 0.2) is 0 Å². The minimum Gasteiger partial charge on any atom is -0.507 e. The molecular formula is C23H28N2O6. The van der Waals surface area contributed by atoms with E-state index in [-0.39, 0.29) is 23.3 Å². The first-order valence-electron chi connectivity index (χ1n) is 10.1. The van der Waals surface area contributed by atoms with E-state index in [9.17, 15) is 15.1 Å². The van der Waals surface area contributed by atoms with Crippen molar-refractivity contribution < 1.29 is 29.7 Å². The predicted octanol–water partition coefficient (Wildman–Crippen LogP) is 3.48. The number of carbonyl (C=O) groups is 1. The molecule has 0 aliphatic carbocycles. The summed E-state index contributed by atoms with van der Waals surface area (Å²) >= 11 is 0. The number of rotatable bonds is 6. The molecule has 1 aliphatic rings. The molecule has 1 aliphatic heterocycles. The molecule has 2 aromatic carbocycles. The second-order valence-electron chi connectivity index (χ2n) is 8.40. The molecule has 0 bridgehead atoms. The van der Waals surface area contributed by atoms with E-state index in [1.807, 2.05) is 18.2 Å². The second kappa shape index (κ2) is 9.26. The number of phenols is 1. The number of hydrogen-bond donors (Lipinski definition) is 3. The molecular weight excluding hydrogens is 400 g/mol. The highest BCUT2D eigenvalue weighted by atomic mass is 16.5. The zero-order valence-corrected chi connectivity index (χ0v) is 18.0. The zero-order valence-electron chi connectivity index (χ0n) is 18.0. The first-order valence-corrected chi connectivity index (χ1v) is 10.1.